The van der Waals surface area contributed by atoms with Crippen LogP contribution in [0.3, 0.4) is 0 Å². The van der Waals surface area contributed by atoms with Gasteiger partial charge in [-0.1, -0.05) is 54.9 Å². The van der Waals surface area contributed by atoms with Gasteiger partial charge in [0.25, 0.3) is 0 Å². The molecule has 12 heteroatoms. The molecule has 3 aliphatic heterocycles. The summed E-state index contributed by atoms with van der Waals surface area (Å²) in [5.41, 5.74) is 9.27. The summed E-state index contributed by atoms with van der Waals surface area (Å²) in [7, 11) is 0. The van der Waals surface area contributed by atoms with E-state index in [9.17, 15) is 14.4 Å². The number of nitrogen functional groups attached to an aromatic ring is 1. The number of amides is 2. The van der Waals surface area contributed by atoms with Crippen molar-refractivity contribution >= 4 is 29.1 Å². The summed E-state index contributed by atoms with van der Waals surface area (Å²) in [6, 6.07) is 13.9. The minimum absolute atomic E-state index is 0.0284. The summed E-state index contributed by atoms with van der Waals surface area (Å²) in [5, 5.41) is 8.50. The zero-order valence-corrected chi connectivity index (χ0v) is 28.1. The number of aromatic amines is 1. The molecule has 6 rings (SSSR count). The first kappa shape index (κ1) is 33.2. The number of likely N-dealkylation sites (tertiary alicyclic amines) is 1. The van der Waals surface area contributed by atoms with Crippen LogP contribution in [-0.4, -0.2) is 99.7 Å². The highest BCUT2D eigenvalue weighted by Crippen LogP contribution is 2.29. The molecule has 3 aliphatic rings. The maximum atomic E-state index is 14.1. The average Bonchev–Trinajstić information content (AvgIpc) is 3.51. The number of hydrogen-bond donors (Lipinski definition) is 3. The van der Waals surface area contributed by atoms with Gasteiger partial charge in [-0.3, -0.25) is 19.5 Å². The average molecular weight is 663 g/mol. The molecule has 0 bridgehead atoms. The highest BCUT2D eigenvalue weighted by Gasteiger charge is 2.34. The van der Waals surface area contributed by atoms with Crippen LogP contribution in [-0.2, 0) is 22.4 Å². The number of aryl methyl sites for hydroxylation is 1. The van der Waals surface area contributed by atoms with Crippen LogP contribution in [0.5, 0.6) is 0 Å². The Kier molecular flexibility index (Phi) is 10.6. The van der Waals surface area contributed by atoms with Gasteiger partial charge >= 0.3 is 5.69 Å². The molecule has 2 amide bonds. The van der Waals surface area contributed by atoms with E-state index in [2.05, 4.69) is 20.3 Å². The molecule has 0 spiro atoms. The van der Waals surface area contributed by atoms with Crippen molar-refractivity contribution in [2.24, 2.45) is 5.92 Å². The van der Waals surface area contributed by atoms with Gasteiger partial charge < -0.3 is 20.9 Å². The molecule has 47 heavy (non-hydrogen) atoms. The maximum absolute atomic E-state index is 14.1. The van der Waals surface area contributed by atoms with E-state index in [-0.39, 0.29) is 30.0 Å². The second-order valence-corrected chi connectivity index (χ2v) is 13.6. The summed E-state index contributed by atoms with van der Waals surface area (Å²) < 4.78 is 1.52. The predicted molar refractivity (Wildman–Crippen MR) is 184 cm³/mol. The van der Waals surface area contributed by atoms with Gasteiger partial charge in [-0.15, -0.1) is 5.10 Å². The number of H-pyrrole nitrogens is 1. The lowest BCUT2D eigenvalue weighted by atomic mass is 9.91. The first-order valence-electron chi connectivity index (χ1n) is 17.1. The molecule has 1 atom stereocenters. The van der Waals surface area contributed by atoms with Crippen LogP contribution in [0, 0.1) is 5.92 Å². The van der Waals surface area contributed by atoms with Gasteiger partial charge in [-0.25, -0.2) is 9.48 Å². The number of nitrogens with one attached hydrogen (secondary N) is 2. The molecule has 3 saturated heterocycles. The molecule has 252 valence electrons. The molecule has 0 aliphatic carbocycles. The number of carbonyl (C=O) groups is 2. The molecule has 3 fully saturated rings. The third-order valence-corrected chi connectivity index (χ3v) is 10.5. The Morgan fingerprint density at radius 2 is 1.66 bits per heavy atom. The fourth-order valence-electron chi connectivity index (χ4n) is 7.43. The van der Waals surface area contributed by atoms with Crippen molar-refractivity contribution in [1.29, 1.82) is 0 Å². The Bertz CT molecular complexity index is 1590. The number of nitrogens with two attached hydrogens (primary N) is 1. The smallest absolute Gasteiger partial charge is 0.343 e. The van der Waals surface area contributed by atoms with E-state index in [1.807, 2.05) is 59.2 Å². The zero-order valence-electron chi connectivity index (χ0n) is 27.3. The molecule has 1 aromatic heterocycles. The predicted octanol–water partition coefficient (Wildman–Crippen LogP) is 3.35. The maximum Gasteiger partial charge on any atom is 0.343 e. The van der Waals surface area contributed by atoms with Gasteiger partial charge in [-0.2, -0.15) is 0 Å². The molecule has 0 saturated carbocycles. The van der Waals surface area contributed by atoms with Crippen LogP contribution >= 0.6 is 11.6 Å². The number of nitrogens with zero attached hydrogens (tertiary/aromatic N) is 5. The number of piperidine rings is 2. The van der Waals surface area contributed by atoms with Gasteiger partial charge in [0.05, 0.1) is 22.7 Å². The van der Waals surface area contributed by atoms with Crippen molar-refractivity contribution in [3.63, 3.8) is 0 Å². The lowest BCUT2D eigenvalue weighted by molar-refractivity contribution is -0.143. The lowest BCUT2D eigenvalue weighted by Crippen LogP contribution is -2.55. The third kappa shape index (κ3) is 7.74. The number of hydrogen-bond acceptors (Lipinski definition) is 7. The molecule has 0 unspecified atom stereocenters. The summed E-state index contributed by atoms with van der Waals surface area (Å²) >= 11 is 6.50. The van der Waals surface area contributed by atoms with Crippen molar-refractivity contribution in [3.8, 4) is 11.4 Å². The van der Waals surface area contributed by atoms with E-state index in [1.54, 1.807) is 0 Å². The Hall–Kier alpha value is -3.67. The van der Waals surface area contributed by atoms with Crippen LogP contribution in [0.25, 0.3) is 11.4 Å². The Balaban J connectivity index is 1.12. The summed E-state index contributed by atoms with van der Waals surface area (Å²) in [6.45, 7) is 8.19. The Labute approximate surface area is 281 Å². The Morgan fingerprint density at radius 1 is 0.957 bits per heavy atom. The fraction of sp³-hybridized carbons (Fsp3) is 0.543. The van der Waals surface area contributed by atoms with E-state index in [4.69, 9.17) is 17.3 Å². The first-order valence-corrected chi connectivity index (χ1v) is 17.5. The highest BCUT2D eigenvalue weighted by molar-refractivity contribution is 6.33. The third-order valence-electron chi connectivity index (χ3n) is 10.2. The summed E-state index contributed by atoms with van der Waals surface area (Å²) in [5.74, 6) is 0.0333. The molecule has 2 aromatic carbocycles. The molecule has 4 heterocycles. The number of carbonyl (C=O) groups excluding carboxylic acids is 2. The Morgan fingerprint density at radius 3 is 2.34 bits per heavy atom. The van der Waals surface area contributed by atoms with Gasteiger partial charge in [0.1, 0.15) is 0 Å². The molecule has 3 aromatic rings. The van der Waals surface area contributed by atoms with Gasteiger partial charge in [0.2, 0.25) is 11.8 Å². The topological polar surface area (TPSA) is 133 Å². The van der Waals surface area contributed by atoms with Crippen molar-refractivity contribution in [3.05, 3.63) is 69.1 Å². The number of piperazine rings is 1. The molecular weight excluding hydrogens is 616 g/mol. The van der Waals surface area contributed by atoms with Crippen LogP contribution in [0.2, 0.25) is 5.02 Å². The molecular formula is C35H47ClN8O3. The molecule has 0 radical (unpaired) electrons. The van der Waals surface area contributed by atoms with Crippen LogP contribution in [0.4, 0.5) is 5.69 Å². The summed E-state index contributed by atoms with van der Waals surface area (Å²) in [6.07, 6.45) is 4.81. The number of benzene rings is 2. The summed E-state index contributed by atoms with van der Waals surface area (Å²) in [4.78, 5) is 49.9. The standard InChI is InChI=1S/C35H47ClN8O3/c1-2-25-20-24(22-30(36)32(25)37)21-27(34(46)43-18-16-41(17-19-43)28-8-12-38-13-9-28)23-31(45)42-14-10-29(11-15-42)44-35(47)39-33(40-44)26-6-4-3-5-7-26/h3-7,20,22,27-29,38H,2,8-19,21,23,37H2,1H3,(H,39,40,47)/t27-/m0/s1. The van der Waals surface area contributed by atoms with Crippen LogP contribution in [0.1, 0.15) is 56.2 Å². The normalized spacial score (nSPS) is 19.2. The van der Waals surface area contributed by atoms with Gasteiger partial charge in [0, 0.05) is 57.3 Å². The SMILES string of the molecule is CCc1cc(C[C@@H](CC(=O)N2CCC(n3nc(-c4ccccc4)[nH]c3=O)CC2)C(=O)N2CCN(C3CCNCC3)CC2)cc(Cl)c1N. The zero-order chi connectivity index (χ0) is 32.9. The van der Waals surface area contributed by atoms with E-state index < -0.39 is 5.92 Å². The molecule has 11 nitrogen and oxygen atoms in total. The van der Waals surface area contributed by atoms with E-state index in [1.165, 1.54) is 4.68 Å². The highest BCUT2D eigenvalue weighted by atomic mass is 35.5. The second-order valence-electron chi connectivity index (χ2n) is 13.2. The minimum atomic E-state index is -0.502. The number of anilines is 1. The van der Waals surface area contributed by atoms with Gasteiger partial charge in [-0.05, 0) is 68.8 Å². The van der Waals surface area contributed by atoms with Crippen molar-refractivity contribution in [2.75, 3.05) is 58.1 Å². The van der Waals surface area contributed by atoms with Crippen LogP contribution < -0.4 is 16.7 Å². The second kappa shape index (κ2) is 15.0. The van der Waals surface area contributed by atoms with Crippen LogP contribution in [0.15, 0.2) is 47.3 Å². The van der Waals surface area contributed by atoms with Gasteiger partial charge in [0.15, 0.2) is 5.82 Å². The lowest BCUT2D eigenvalue weighted by Gasteiger charge is -2.41. The number of halogens is 1. The quantitative estimate of drug-likeness (QED) is 0.300. The monoisotopic (exact) mass is 662 g/mol. The minimum Gasteiger partial charge on any atom is -0.397 e. The number of aromatic nitrogens is 3. The molecule has 4 N–H and O–H groups in total. The van der Waals surface area contributed by atoms with E-state index in [0.717, 1.165) is 62.1 Å². The van der Waals surface area contributed by atoms with Crippen molar-refractivity contribution in [2.45, 2.75) is 64.0 Å². The van der Waals surface area contributed by atoms with E-state index in [0.29, 0.717) is 68.0 Å². The van der Waals surface area contributed by atoms with Crippen molar-refractivity contribution in [1.82, 2.24) is 34.8 Å². The first-order chi connectivity index (χ1) is 22.8. The van der Waals surface area contributed by atoms with E-state index >= 15 is 0 Å². The fourth-order valence-corrected chi connectivity index (χ4v) is 7.69. The largest absolute Gasteiger partial charge is 0.397 e. The number of rotatable bonds is 9. The van der Waals surface area contributed by atoms with Crippen molar-refractivity contribution < 1.29 is 9.59 Å².